The van der Waals surface area contributed by atoms with Crippen molar-refractivity contribution in [2.45, 2.75) is 33.7 Å². The molecule has 0 saturated carbocycles. The number of benzene rings is 1. The average Bonchev–Trinajstić information content (AvgIpc) is 2.43. The highest BCUT2D eigenvalue weighted by Gasteiger charge is 2.11. The number of carbonyl (C=O) groups is 1. The minimum atomic E-state index is -0.330. The van der Waals surface area contributed by atoms with Crippen molar-refractivity contribution in [2.75, 3.05) is 19.7 Å². The van der Waals surface area contributed by atoms with Gasteiger partial charge >= 0.3 is 0 Å². The zero-order chi connectivity index (χ0) is 15.8. The van der Waals surface area contributed by atoms with Gasteiger partial charge in [-0.2, -0.15) is 0 Å². The molecule has 0 saturated heterocycles. The van der Waals surface area contributed by atoms with Gasteiger partial charge in [0, 0.05) is 24.2 Å². The van der Waals surface area contributed by atoms with Crippen molar-refractivity contribution in [3.05, 3.63) is 29.6 Å². The smallest absolute Gasteiger partial charge is 0.257 e. The summed E-state index contributed by atoms with van der Waals surface area (Å²) >= 11 is 0. The highest BCUT2D eigenvalue weighted by atomic mass is 19.1. The Balaban J connectivity index is 2.54. The first-order chi connectivity index (χ1) is 9.93. The number of halogens is 1. The van der Waals surface area contributed by atoms with Gasteiger partial charge in [-0.3, -0.25) is 4.79 Å². The molecule has 1 amide bonds. The molecule has 5 heteroatoms. The van der Waals surface area contributed by atoms with Crippen molar-refractivity contribution in [3.8, 4) is 5.75 Å². The van der Waals surface area contributed by atoms with Crippen molar-refractivity contribution in [3.63, 3.8) is 0 Å². The molecule has 1 atom stereocenters. The second kappa shape index (κ2) is 8.62. The van der Waals surface area contributed by atoms with Gasteiger partial charge in [-0.1, -0.05) is 26.8 Å². The van der Waals surface area contributed by atoms with Crippen LogP contribution in [-0.4, -0.2) is 25.6 Å². The van der Waals surface area contributed by atoms with Crippen LogP contribution in [0.25, 0.3) is 0 Å². The summed E-state index contributed by atoms with van der Waals surface area (Å²) in [5.41, 5.74) is 0.591. The third kappa shape index (κ3) is 6.12. The first-order valence-corrected chi connectivity index (χ1v) is 7.36. The molecule has 0 aromatic heterocycles. The Bertz CT molecular complexity index is 464. The van der Waals surface area contributed by atoms with Gasteiger partial charge in [0.15, 0.2) is 6.61 Å². The normalized spacial score (nSPS) is 12.3. The summed E-state index contributed by atoms with van der Waals surface area (Å²) in [6, 6.07) is 4.63. The van der Waals surface area contributed by atoms with Crippen molar-refractivity contribution in [1.29, 1.82) is 0 Å². The molecular weight excluding hydrogens is 271 g/mol. The summed E-state index contributed by atoms with van der Waals surface area (Å²) in [5, 5.41) is 5.90. The zero-order valence-electron chi connectivity index (χ0n) is 13.2. The highest BCUT2D eigenvalue weighted by Crippen LogP contribution is 2.21. The molecule has 1 aromatic rings. The fourth-order valence-corrected chi connectivity index (χ4v) is 1.88. The van der Waals surface area contributed by atoms with Crippen molar-refractivity contribution in [1.82, 2.24) is 10.6 Å². The number of rotatable bonds is 8. The molecule has 1 aromatic carbocycles. The van der Waals surface area contributed by atoms with E-state index in [0.717, 1.165) is 6.54 Å². The summed E-state index contributed by atoms with van der Waals surface area (Å²) in [6.45, 7) is 9.18. The van der Waals surface area contributed by atoms with E-state index >= 15 is 0 Å². The molecule has 118 valence electrons. The Morgan fingerprint density at radius 3 is 2.62 bits per heavy atom. The third-order valence-corrected chi connectivity index (χ3v) is 3.03. The molecule has 2 N–H and O–H groups in total. The minimum Gasteiger partial charge on any atom is -0.484 e. The maximum Gasteiger partial charge on any atom is 0.257 e. The Labute approximate surface area is 126 Å². The summed E-state index contributed by atoms with van der Waals surface area (Å²) < 4.78 is 19.3. The monoisotopic (exact) mass is 296 g/mol. The highest BCUT2D eigenvalue weighted by molar-refractivity contribution is 5.77. The Morgan fingerprint density at radius 2 is 2.05 bits per heavy atom. The van der Waals surface area contributed by atoms with E-state index in [1.54, 1.807) is 12.1 Å². The SMILES string of the molecule is CCNC(C)c1ccc(OCC(=O)NCC(C)C)cc1F. The van der Waals surface area contributed by atoms with Crippen LogP contribution in [0.1, 0.15) is 39.3 Å². The number of amides is 1. The maximum atomic E-state index is 14.0. The lowest BCUT2D eigenvalue weighted by atomic mass is 10.1. The first-order valence-electron chi connectivity index (χ1n) is 7.36. The van der Waals surface area contributed by atoms with Crippen LogP contribution in [0.4, 0.5) is 4.39 Å². The lowest BCUT2D eigenvalue weighted by molar-refractivity contribution is -0.123. The number of nitrogens with one attached hydrogen (secondary N) is 2. The first kappa shape index (κ1) is 17.4. The molecule has 1 rings (SSSR count). The average molecular weight is 296 g/mol. The van der Waals surface area contributed by atoms with Crippen LogP contribution in [0.5, 0.6) is 5.75 Å². The molecule has 0 fully saturated rings. The van der Waals surface area contributed by atoms with Crippen LogP contribution < -0.4 is 15.4 Å². The molecule has 0 aliphatic carbocycles. The van der Waals surface area contributed by atoms with Crippen molar-refractivity contribution >= 4 is 5.91 Å². The van der Waals surface area contributed by atoms with E-state index in [-0.39, 0.29) is 24.4 Å². The van der Waals surface area contributed by atoms with Gasteiger partial charge in [0.05, 0.1) is 0 Å². The molecule has 0 aliphatic heterocycles. The molecule has 0 radical (unpaired) electrons. The van der Waals surface area contributed by atoms with Gasteiger partial charge < -0.3 is 15.4 Å². The standard InChI is InChI=1S/C16H25FN2O2/c1-5-18-12(4)14-7-6-13(8-15(14)17)21-10-16(20)19-9-11(2)3/h6-8,11-12,18H,5,9-10H2,1-4H3,(H,19,20). The van der Waals surface area contributed by atoms with E-state index in [1.807, 2.05) is 27.7 Å². The summed E-state index contributed by atoms with van der Waals surface area (Å²) in [7, 11) is 0. The molecule has 0 aliphatic rings. The second-order valence-corrected chi connectivity index (χ2v) is 5.45. The lowest BCUT2D eigenvalue weighted by Crippen LogP contribution is -2.31. The Morgan fingerprint density at radius 1 is 1.33 bits per heavy atom. The number of carbonyl (C=O) groups excluding carboxylic acids is 1. The third-order valence-electron chi connectivity index (χ3n) is 3.03. The Kier molecular flexibility index (Phi) is 7.15. The molecule has 0 spiro atoms. The van der Waals surface area contributed by atoms with Crippen LogP contribution >= 0.6 is 0 Å². The van der Waals surface area contributed by atoms with Crippen LogP contribution in [-0.2, 0) is 4.79 Å². The van der Waals surface area contributed by atoms with Gasteiger partial charge in [0.2, 0.25) is 0 Å². The molecule has 0 bridgehead atoms. The van der Waals surface area contributed by atoms with Gasteiger partial charge in [-0.15, -0.1) is 0 Å². The number of ether oxygens (including phenoxy) is 1. The maximum absolute atomic E-state index is 14.0. The van der Waals surface area contributed by atoms with Crippen LogP contribution in [0.3, 0.4) is 0 Å². The van der Waals surface area contributed by atoms with E-state index in [4.69, 9.17) is 4.74 Å². The second-order valence-electron chi connectivity index (χ2n) is 5.45. The van der Waals surface area contributed by atoms with Crippen LogP contribution in [0.15, 0.2) is 18.2 Å². The summed E-state index contributed by atoms with van der Waals surface area (Å²) in [4.78, 5) is 11.5. The fraction of sp³-hybridized carbons (Fsp3) is 0.562. The van der Waals surface area contributed by atoms with E-state index in [0.29, 0.717) is 23.8 Å². The molecule has 4 nitrogen and oxygen atoms in total. The predicted octanol–water partition coefficient (Wildman–Crippen LogP) is 2.65. The minimum absolute atomic E-state index is 0.0570. The van der Waals surface area contributed by atoms with Gasteiger partial charge in [-0.05, 0) is 25.5 Å². The Hall–Kier alpha value is -1.62. The van der Waals surface area contributed by atoms with Gasteiger partial charge in [-0.25, -0.2) is 4.39 Å². The van der Waals surface area contributed by atoms with Crippen LogP contribution in [0, 0.1) is 11.7 Å². The van der Waals surface area contributed by atoms with E-state index in [2.05, 4.69) is 10.6 Å². The number of hydrogen-bond donors (Lipinski definition) is 2. The molecule has 0 heterocycles. The van der Waals surface area contributed by atoms with Gasteiger partial charge in [0.25, 0.3) is 5.91 Å². The molecular formula is C16H25FN2O2. The topological polar surface area (TPSA) is 50.4 Å². The van der Waals surface area contributed by atoms with E-state index in [9.17, 15) is 9.18 Å². The lowest BCUT2D eigenvalue weighted by Gasteiger charge is -2.15. The van der Waals surface area contributed by atoms with Crippen molar-refractivity contribution < 1.29 is 13.9 Å². The zero-order valence-corrected chi connectivity index (χ0v) is 13.2. The van der Waals surface area contributed by atoms with E-state index < -0.39 is 0 Å². The summed E-state index contributed by atoms with van der Waals surface area (Å²) in [6.07, 6.45) is 0. The molecule has 1 unspecified atom stereocenters. The summed E-state index contributed by atoms with van der Waals surface area (Å²) in [5.74, 6) is 0.218. The van der Waals surface area contributed by atoms with E-state index in [1.165, 1.54) is 6.07 Å². The quantitative estimate of drug-likeness (QED) is 0.775. The number of hydrogen-bond acceptors (Lipinski definition) is 3. The van der Waals surface area contributed by atoms with Crippen LogP contribution in [0.2, 0.25) is 0 Å². The predicted molar refractivity (Wildman–Crippen MR) is 81.8 cm³/mol. The largest absolute Gasteiger partial charge is 0.484 e. The fourth-order valence-electron chi connectivity index (χ4n) is 1.88. The van der Waals surface area contributed by atoms with Gasteiger partial charge in [0.1, 0.15) is 11.6 Å². The molecule has 21 heavy (non-hydrogen) atoms. The van der Waals surface area contributed by atoms with Crippen molar-refractivity contribution in [2.24, 2.45) is 5.92 Å².